The van der Waals surface area contributed by atoms with Crippen LogP contribution < -0.4 is 5.32 Å². The molecule has 0 aliphatic carbocycles. The van der Waals surface area contributed by atoms with Crippen LogP contribution in [0.5, 0.6) is 0 Å². The highest BCUT2D eigenvalue weighted by molar-refractivity contribution is 7.88. The highest BCUT2D eigenvalue weighted by Crippen LogP contribution is 2.12. The average molecular weight is 360 g/mol. The molecule has 2 aromatic rings. The van der Waals surface area contributed by atoms with Gasteiger partial charge in [0.2, 0.25) is 10.0 Å². The van der Waals surface area contributed by atoms with Crippen LogP contribution in [0.4, 0.5) is 0 Å². The summed E-state index contributed by atoms with van der Waals surface area (Å²) in [6.45, 7) is 4.65. The van der Waals surface area contributed by atoms with Crippen molar-refractivity contribution in [1.29, 1.82) is 0 Å². The fraction of sp³-hybridized carbons (Fsp3) is 0.316. The molecule has 0 atom stereocenters. The number of nitrogens with zero attached hydrogens (tertiary/aromatic N) is 1. The van der Waals surface area contributed by atoms with Crippen molar-refractivity contribution in [3.63, 3.8) is 0 Å². The van der Waals surface area contributed by atoms with Crippen molar-refractivity contribution < 1.29 is 13.2 Å². The molecule has 2 rings (SSSR count). The third-order valence-corrected chi connectivity index (χ3v) is 5.25. The third-order valence-electron chi connectivity index (χ3n) is 4.00. The molecule has 0 radical (unpaired) electrons. The summed E-state index contributed by atoms with van der Waals surface area (Å²) in [5.74, 6) is -0.201. The van der Waals surface area contributed by atoms with Crippen molar-refractivity contribution >= 4 is 15.9 Å². The molecule has 1 amide bonds. The van der Waals surface area contributed by atoms with E-state index in [9.17, 15) is 13.2 Å². The van der Waals surface area contributed by atoms with Crippen LogP contribution in [0.1, 0.15) is 27.0 Å². The Hall–Kier alpha value is -2.18. The molecule has 0 saturated carbocycles. The molecule has 2 aromatic carbocycles. The van der Waals surface area contributed by atoms with E-state index in [-0.39, 0.29) is 19.0 Å². The quantitative estimate of drug-likeness (QED) is 0.825. The maximum atomic E-state index is 12.2. The highest BCUT2D eigenvalue weighted by atomic mass is 32.2. The predicted molar refractivity (Wildman–Crippen MR) is 99.9 cm³/mol. The predicted octanol–water partition coefficient (Wildman–Crippen LogP) is 2.50. The molecule has 0 aromatic heterocycles. The maximum absolute atomic E-state index is 12.2. The number of nitrogens with one attached hydrogen (secondary N) is 1. The Kier molecular flexibility index (Phi) is 6.33. The molecule has 1 N–H and O–H groups in total. The zero-order valence-electron chi connectivity index (χ0n) is 14.8. The Balaban J connectivity index is 1.99. The van der Waals surface area contributed by atoms with Gasteiger partial charge in [-0.15, -0.1) is 0 Å². The summed E-state index contributed by atoms with van der Waals surface area (Å²) >= 11 is 0. The fourth-order valence-electron chi connectivity index (χ4n) is 2.52. The normalized spacial score (nSPS) is 11.5. The van der Waals surface area contributed by atoms with E-state index in [1.54, 1.807) is 12.1 Å². The SMILES string of the molecule is Cc1cccc(C(=O)NCCN(Cc2ccccc2C)S(C)(=O)=O)c1. The van der Waals surface area contributed by atoms with Crippen molar-refractivity contribution in [1.82, 2.24) is 9.62 Å². The summed E-state index contributed by atoms with van der Waals surface area (Å²) in [6, 6.07) is 15.0. The first-order valence-electron chi connectivity index (χ1n) is 8.12. The van der Waals surface area contributed by atoms with E-state index in [1.165, 1.54) is 10.6 Å². The highest BCUT2D eigenvalue weighted by Gasteiger charge is 2.18. The first-order chi connectivity index (χ1) is 11.8. The van der Waals surface area contributed by atoms with Crippen LogP contribution in [0.15, 0.2) is 48.5 Å². The number of benzene rings is 2. The van der Waals surface area contributed by atoms with Gasteiger partial charge < -0.3 is 5.32 Å². The lowest BCUT2D eigenvalue weighted by Gasteiger charge is -2.21. The van der Waals surface area contributed by atoms with Gasteiger partial charge in [-0.25, -0.2) is 8.42 Å². The third kappa shape index (κ3) is 5.69. The molecule has 134 valence electrons. The van der Waals surface area contributed by atoms with Gasteiger partial charge >= 0.3 is 0 Å². The zero-order valence-corrected chi connectivity index (χ0v) is 15.6. The number of rotatable bonds is 7. The van der Waals surface area contributed by atoms with Crippen molar-refractivity contribution in [2.45, 2.75) is 20.4 Å². The minimum atomic E-state index is -3.37. The second-order valence-electron chi connectivity index (χ2n) is 6.15. The molecule has 0 heterocycles. The molecule has 6 heteroatoms. The van der Waals surface area contributed by atoms with Crippen LogP contribution in [-0.2, 0) is 16.6 Å². The van der Waals surface area contributed by atoms with Gasteiger partial charge in [-0.2, -0.15) is 4.31 Å². The molecule has 0 fully saturated rings. The smallest absolute Gasteiger partial charge is 0.251 e. The Morgan fingerprint density at radius 2 is 1.80 bits per heavy atom. The lowest BCUT2D eigenvalue weighted by Crippen LogP contribution is -2.37. The van der Waals surface area contributed by atoms with Crippen molar-refractivity contribution in [2.24, 2.45) is 0 Å². The number of aryl methyl sites for hydroxylation is 2. The number of hydrogen-bond acceptors (Lipinski definition) is 3. The first kappa shape index (κ1) is 19.1. The van der Waals surface area contributed by atoms with Gasteiger partial charge in [0.05, 0.1) is 6.26 Å². The molecular formula is C19H24N2O3S. The largest absolute Gasteiger partial charge is 0.351 e. The van der Waals surface area contributed by atoms with Gasteiger partial charge in [0.1, 0.15) is 0 Å². The molecule has 0 bridgehead atoms. The number of carbonyl (C=O) groups excluding carboxylic acids is 1. The van der Waals surface area contributed by atoms with Crippen LogP contribution in [0.2, 0.25) is 0 Å². The van der Waals surface area contributed by atoms with Gasteiger partial charge in [-0.1, -0.05) is 42.0 Å². The average Bonchev–Trinajstić information content (AvgIpc) is 2.54. The van der Waals surface area contributed by atoms with Crippen LogP contribution in [0, 0.1) is 13.8 Å². The summed E-state index contributed by atoms with van der Waals surface area (Å²) < 4.78 is 25.5. The Labute approximate surface area is 149 Å². The molecular weight excluding hydrogens is 336 g/mol. The van der Waals surface area contributed by atoms with Gasteiger partial charge in [0, 0.05) is 25.2 Å². The second kappa shape index (κ2) is 8.27. The summed E-state index contributed by atoms with van der Waals surface area (Å²) in [5, 5.41) is 2.78. The van der Waals surface area contributed by atoms with Gasteiger partial charge in [0.25, 0.3) is 5.91 Å². The first-order valence-corrected chi connectivity index (χ1v) is 9.96. The van der Waals surface area contributed by atoms with Crippen LogP contribution in [-0.4, -0.2) is 38.0 Å². The molecule has 0 spiro atoms. The Morgan fingerprint density at radius 3 is 2.44 bits per heavy atom. The minimum absolute atomic E-state index is 0.201. The maximum Gasteiger partial charge on any atom is 0.251 e. The standard InChI is InChI=1S/C19H24N2O3S/c1-15-7-6-10-17(13-15)19(22)20-11-12-21(25(3,23)24)14-18-9-5-4-8-16(18)2/h4-10,13H,11-12,14H2,1-3H3,(H,20,22). The van der Waals surface area contributed by atoms with E-state index in [1.807, 2.05) is 50.2 Å². The molecule has 0 aliphatic rings. The Morgan fingerprint density at radius 1 is 1.08 bits per heavy atom. The number of carbonyl (C=O) groups is 1. The summed E-state index contributed by atoms with van der Waals surface area (Å²) in [5.41, 5.74) is 3.58. The van der Waals surface area contributed by atoms with E-state index in [0.29, 0.717) is 12.1 Å². The molecule has 5 nitrogen and oxygen atoms in total. The molecule has 25 heavy (non-hydrogen) atoms. The van der Waals surface area contributed by atoms with Crippen LogP contribution >= 0.6 is 0 Å². The van der Waals surface area contributed by atoms with Gasteiger partial charge in [-0.05, 0) is 37.1 Å². The van der Waals surface area contributed by atoms with Crippen molar-refractivity contribution in [3.8, 4) is 0 Å². The minimum Gasteiger partial charge on any atom is -0.351 e. The monoisotopic (exact) mass is 360 g/mol. The molecule has 0 aliphatic heterocycles. The zero-order chi connectivity index (χ0) is 18.4. The van der Waals surface area contributed by atoms with E-state index in [2.05, 4.69) is 5.32 Å². The number of sulfonamides is 1. The summed E-state index contributed by atoms with van der Waals surface area (Å²) in [4.78, 5) is 12.2. The topological polar surface area (TPSA) is 66.5 Å². The number of hydrogen-bond donors (Lipinski definition) is 1. The molecule has 0 saturated heterocycles. The summed E-state index contributed by atoms with van der Waals surface area (Å²) in [6.07, 6.45) is 1.19. The van der Waals surface area contributed by atoms with Crippen molar-refractivity contribution in [3.05, 3.63) is 70.8 Å². The van der Waals surface area contributed by atoms with E-state index >= 15 is 0 Å². The van der Waals surface area contributed by atoms with E-state index in [0.717, 1.165) is 16.7 Å². The van der Waals surface area contributed by atoms with Gasteiger partial charge in [0.15, 0.2) is 0 Å². The van der Waals surface area contributed by atoms with Crippen LogP contribution in [0.3, 0.4) is 0 Å². The lowest BCUT2D eigenvalue weighted by molar-refractivity contribution is 0.0951. The summed E-state index contributed by atoms with van der Waals surface area (Å²) in [7, 11) is -3.37. The molecule has 0 unspecified atom stereocenters. The van der Waals surface area contributed by atoms with Gasteiger partial charge in [-0.3, -0.25) is 4.79 Å². The van der Waals surface area contributed by atoms with Crippen LogP contribution in [0.25, 0.3) is 0 Å². The number of amides is 1. The Bertz CT molecular complexity index is 847. The van der Waals surface area contributed by atoms with E-state index in [4.69, 9.17) is 0 Å². The van der Waals surface area contributed by atoms with Crippen molar-refractivity contribution in [2.75, 3.05) is 19.3 Å². The lowest BCUT2D eigenvalue weighted by atomic mass is 10.1. The second-order valence-corrected chi connectivity index (χ2v) is 8.13. The fourth-order valence-corrected chi connectivity index (χ4v) is 3.32. The van der Waals surface area contributed by atoms with E-state index < -0.39 is 10.0 Å².